The molecule has 1 heterocycles. The number of nitro benzene ring substituents is 1. The highest BCUT2D eigenvalue weighted by Gasteiger charge is 2.20. The Morgan fingerprint density at radius 2 is 2.27 bits per heavy atom. The molecule has 5 heteroatoms. The number of non-ortho nitro benzene ring substituents is 1. The highest BCUT2D eigenvalue weighted by Crippen LogP contribution is 2.20. The molecule has 0 aromatic heterocycles. The average molecular weight is 210 g/mol. The van der Waals surface area contributed by atoms with Crippen LogP contribution in [0.5, 0.6) is 0 Å². The van der Waals surface area contributed by atoms with E-state index in [0.717, 1.165) is 13.1 Å². The van der Waals surface area contributed by atoms with Crippen molar-refractivity contribution in [2.75, 3.05) is 13.1 Å². The van der Waals surface area contributed by atoms with Gasteiger partial charge in [-0.15, -0.1) is 0 Å². The van der Waals surface area contributed by atoms with Crippen LogP contribution >= 0.6 is 0 Å². The fourth-order valence-corrected chi connectivity index (χ4v) is 1.63. The van der Waals surface area contributed by atoms with Crippen LogP contribution in [0, 0.1) is 21.8 Å². The molecular weight excluding hydrogens is 199 g/mol. The molecule has 0 saturated carbocycles. The highest BCUT2D eigenvalue weighted by atomic mass is 19.1. The molecule has 0 atom stereocenters. The van der Waals surface area contributed by atoms with Gasteiger partial charge in [0.15, 0.2) is 0 Å². The monoisotopic (exact) mass is 210 g/mol. The third-order valence-electron chi connectivity index (χ3n) is 2.61. The quantitative estimate of drug-likeness (QED) is 0.607. The van der Waals surface area contributed by atoms with E-state index in [9.17, 15) is 14.5 Å². The Labute approximate surface area is 86.3 Å². The molecule has 0 bridgehead atoms. The standard InChI is InChI=1S/C10H11FN2O2/c11-10-2-1-9(13(14)15)4-8(10)3-7-5-12-6-7/h1-2,4,7,12H,3,5-6H2. The van der Waals surface area contributed by atoms with Crippen molar-refractivity contribution in [2.24, 2.45) is 5.92 Å². The van der Waals surface area contributed by atoms with Crippen molar-refractivity contribution in [1.29, 1.82) is 0 Å². The lowest BCUT2D eigenvalue weighted by Gasteiger charge is -2.27. The SMILES string of the molecule is O=[N+]([O-])c1ccc(F)c(CC2CNC2)c1. The molecule has 1 aliphatic rings. The first kappa shape index (κ1) is 10.0. The van der Waals surface area contributed by atoms with Gasteiger partial charge in [0.2, 0.25) is 0 Å². The fraction of sp³-hybridized carbons (Fsp3) is 0.400. The zero-order valence-corrected chi connectivity index (χ0v) is 8.07. The maximum absolute atomic E-state index is 13.3. The average Bonchev–Trinajstić information content (AvgIpc) is 2.13. The molecule has 80 valence electrons. The number of hydrogen-bond acceptors (Lipinski definition) is 3. The number of nitrogens with one attached hydrogen (secondary N) is 1. The molecule has 1 aromatic rings. The van der Waals surface area contributed by atoms with Gasteiger partial charge in [0.25, 0.3) is 5.69 Å². The van der Waals surface area contributed by atoms with Crippen molar-refractivity contribution in [3.05, 3.63) is 39.7 Å². The number of nitro groups is 1. The van der Waals surface area contributed by atoms with E-state index in [4.69, 9.17) is 0 Å². The van der Waals surface area contributed by atoms with E-state index in [0.29, 0.717) is 17.9 Å². The van der Waals surface area contributed by atoms with E-state index in [-0.39, 0.29) is 11.5 Å². The van der Waals surface area contributed by atoms with Crippen molar-refractivity contribution >= 4 is 5.69 Å². The second kappa shape index (κ2) is 3.94. The normalized spacial score (nSPS) is 16.1. The zero-order chi connectivity index (χ0) is 10.8. The lowest BCUT2D eigenvalue weighted by atomic mass is 9.94. The van der Waals surface area contributed by atoms with Crippen LogP contribution in [0.2, 0.25) is 0 Å². The maximum atomic E-state index is 13.3. The van der Waals surface area contributed by atoms with E-state index in [1.54, 1.807) is 0 Å². The van der Waals surface area contributed by atoms with Crippen LogP contribution in [-0.4, -0.2) is 18.0 Å². The second-order valence-electron chi connectivity index (χ2n) is 3.76. The van der Waals surface area contributed by atoms with Crippen molar-refractivity contribution < 1.29 is 9.31 Å². The Morgan fingerprint density at radius 1 is 1.53 bits per heavy atom. The molecule has 2 rings (SSSR count). The van der Waals surface area contributed by atoms with Crippen molar-refractivity contribution in [3.8, 4) is 0 Å². The molecule has 0 unspecified atom stereocenters. The molecule has 0 aliphatic carbocycles. The summed E-state index contributed by atoms with van der Waals surface area (Å²) in [5.74, 6) is 0.0500. The van der Waals surface area contributed by atoms with E-state index in [1.165, 1.54) is 18.2 Å². The Morgan fingerprint density at radius 3 is 2.80 bits per heavy atom. The number of hydrogen-bond donors (Lipinski definition) is 1. The molecule has 0 spiro atoms. The van der Waals surface area contributed by atoms with Crippen LogP contribution in [0.3, 0.4) is 0 Å². The summed E-state index contributed by atoms with van der Waals surface area (Å²) in [6.07, 6.45) is 0.570. The molecule has 0 amide bonds. The van der Waals surface area contributed by atoms with Crippen LogP contribution in [0.4, 0.5) is 10.1 Å². The lowest BCUT2D eigenvalue weighted by molar-refractivity contribution is -0.385. The molecule has 1 N–H and O–H groups in total. The summed E-state index contributed by atoms with van der Waals surface area (Å²) >= 11 is 0. The van der Waals surface area contributed by atoms with Crippen LogP contribution in [-0.2, 0) is 6.42 Å². The van der Waals surface area contributed by atoms with Gasteiger partial charge in [-0.3, -0.25) is 10.1 Å². The summed E-state index contributed by atoms with van der Waals surface area (Å²) in [6, 6.07) is 3.69. The molecule has 15 heavy (non-hydrogen) atoms. The Bertz CT molecular complexity index is 391. The largest absolute Gasteiger partial charge is 0.316 e. The van der Waals surface area contributed by atoms with Gasteiger partial charge >= 0.3 is 0 Å². The van der Waals surface area contributed by atoms with Gasteiger partial charge < -0.3 is 5.32 Å². The Kier molecular flexibility index (Phi) is 2.64. The number of nitrogens with zero attached hydrogens (tertiary/aromatic N) is 1. The van der Waals surface area contributed by atoms with Crippen molar-refractivity contribution in [3.63, 3.8) is 0 Å². The lowest BCUT2D eigenvalue weighted by Crippen LogP contribution is -2.43. The third kappa shape index (κ3) is 2.12. The van der Waals surface area contributed by atoms with Gasteiger partial charge in [0.05, 0.1) is 4.92 Å². The van der Waals surface area contributed by atoms with Gasteiger partial charge in [0.1, 0.15) is 5.82 Å². The second-order valence-corrected chi connectivity index (χ2v) is 3.76. The molecular formula is C10H11FN2O2. The Balaban J connectivity index is 2.19. The molecule has 0 radical (unpaired) electrons. The van der Waals surface area contributed by atoms with E-state index >= 15 is 0 Å². The van der Waals surface area contributed by atoms with Crippen LogP contribution < -0.4 is 5.32 Å². The first-order valence-corrected chi connectivity index (χ1v) is 4.80. The Hall–Kier alpha value is -1.49. The topological polar surface area (TPSA) is 55.2 Å². The predicted octanol–water partition coefficient (Wildman–Crippen LogP) is 1.50. The van der Waals surface area contributed by atoms with Gasteiger partial charge in [-0.2, -0.15) is 0 Å². The highest BCUT2D eigenvalue weighted by molar-refractivity contribution is 5.35. The van der Waals surface area contributed by atoms with Crippen LogP contribution in [0.25, 0.3) is 0 Å². The summed E-state index contributed by atoms with van der Waals surface area (Å²) in [7, 11) is 0. The van der Waals surface area contributed by atoms with Gasteiger partial charge in [-0.05, 0) is 37.1 Å². The first-order chi connectivity index (χ1) is 7.16. The summed E-state index contributed by atoms with van der Waals surface area (Å²) in [5, 5.41) is 13.6. The van der Waals surface area contributed by atoms with E-state index in [1.807, 2.05) is 0 Å². The minimum Gasteiger partial charge on any atom is -0.316 e. The van der Waals surface area contributed by atoms with Gasteiger partial charge in [-0.1, -0.05) is 0 Å². The maximum Gasteiger partial charge on any atom is 0.269 e. The minimum absolute atomic E-state index is 0.0429. The molecule has 1 saturated heterocycles. The summed E-state index contributed by atoms with van der Waals surface area (Å²) < 4.78 is 13.3. The summed E-state index contributed by atoms with van der Waals surface area (Å²) in [5.41, 5.74) is 0.398. The summed E-state index contributed by atoms with van der Waals surface area (Å²) in [4.78, 5) is 10.0. The van der Waals surface area contributed by atoms with Crippen molar-refractivity contribution in [2.45, 2.75) is 6.42 Å². The minimum atomic E-state index is -0.498. The van der Waals surface area contributed by atoms with E-state index in [2.05, 4.69) is 5.32 Å². The van der Waals surface area contributed by atoms with Gasteiger partial charge in [-0.25, -0.2) is 4.39 Å². The van der Waals surface area contributed by atoms with Crippen molar-refractivity contribution in [1.82, 2.24) is 5.32 Å². The first-order valence-electron chi connectivity index (χ1n) is 4.80. The van der Waals surface area contributed by atoms with Gasteiger partial charge in [0, 0.05) is 12.1 Å². The molecule has 1 aromatic carbocycles. The zero-order valence-electron chi connectivity index (χ0n) is 8.07. The number of benzene rings is 1. The predicted molar refractivity (Wildman–Crippen MR) is 53.1 cm³/mol. The smallest absolute Gasteiger partial charge is 0.269 e. The molecule has 1 aliphatic heterocycles. The number of rotatable bonds is 3. The third-order valence-corrected chi connectivity index (χ3v) is 2.61. The van der Waals surface area contributed by atoms with Crippen LogP contribution in [0.15, 0.2) is 18.2 Å². The summed E-state index contributed by atoms with van der Waals surface area (Å²) in [6.45, 7) is 1.73. The van der Waals surface area contributed by atoms with E-state index < -0.39 is 4.92 Å². The van der Waals surface area contributed by atoms with Crippen LogP contribution in [0.1, 0.15) is 5.56 Å². The molecule has 1 fully saturated rings. The fourth-order valence-electron chi connectivity index (χ4n) is 1.63. The number of halogens is 1. The molecule has 4 nitrogen and oxygen atoms in total.